The predicted molar refractivity (Wildman–Crippen MR) is 127 cm³/mol. The summed E-state index contributed by atoms with van der Waals surface area (Å²) in [6.07, 6.45) is 9.19. The number of carbonyl (C=O) groups excluding carboxylic acids is 1. The fourth-order valence-corrected chi connectivity index (χ4v) is 4.90. The highest BCUT2D eigenvalue weighted by Crippen LogP contribution is 2.27. The third kappa shape index (κ3) is 4.81. The number of anilines is 1. The number of amides is 1. The van der Waals surface area contributed by atoms with Crippen molar-refractivity contribution in [2.75, 3.05) is 44.2 Å². The molecule has 1 aliphatic carbocycles. The Morgan fingerprint density at radius 3 is 2.58 bits per heavy atom. The molecule has 2 aliphatic heterocycles. The first-order chi connectivity index (χ1) is 16.1. The summed E-state index contributed by atoms with van der Waals surface area (Å²) in [5.41, 5.74) is 2.74. The van der Waals surface area contributed by atoms with E-state index in [4.69, 9.17) is 14.7 Å². The van der Waals surface area contributed by atoms with Gasteiger partial charge in [0.05, 0.1) is 11.8 Å². The van der Waals surface area contributed by atoms with Crippen LogP contribution in [0.25, 0.3) is 0 Å². The molecule has 1 saturated carbocycles. The fourth-order valence-electron chi connectivity index (χ4n) is 4.90. The minimum atomic E-state index is -0.0379. The number of fused-ring (bicyclic) bond motifs is 1. The first-order valence-corrected chi connectivity index (χ1v) is 12.3. The van der Waals surface area contributed by atoms with Crippen molar-refractivity contribution in [2.24, 2.45) is 0 Å². The van der Waals surface area contributed by atoms with E-state index in [9.17, 15) is 4.79 Å². The van der Waals surface area contributed by atoms with E-state index >= 15 is 0 Å². The molecule has 0 N–H and O–H groups in total. The highest BCUT2D eigenvalue weighted by atomic mass is 16.5. The number of nitrogens with zero attached hydrogens (tertiary/aromatic N) is 6. The van der Waals surface area contributed by atoms with E-state index in [1.165, 1.54) is 19.3 Å². The van der Waals surface area contributed by atoms with Crippen molar-refractivity contribution in [2.45, 2.75) is 58.1 Å². The Hall–Kier alpha value is -2.74. The minimum absolute atomic E-state index is 0.0353. The monoisotopic (exact) mass is 450 g/mol. The van der Waals surface area contributed by atoms with Gasteiger partial charge in [-0.3, -0.25) is 9.69 Å². The third-order valence-corrected chi connectivity index (χ3v) is 7.04. The average molecular weight is 451 g/mol. The van der Waals surface area contributed by atoms with Gasteiger partial charge in [0.2, 0.25) is 11.8 Å². The molecule has 0 spiro atoms. The van der Waals surface area contributed by atoms with Crippen LogP contribution in [0.5, 0.6) is 5.88 Å². The summed E-state index contributed by atoms with van der Waals surface area (Å²) in [6.45, 7) is 9.32. The van der Waals surface area contributed by atoms with Gasteiger partial charge < -0.3 is 14.5 Å². The van der Waals surface area contributed by atoms with Crippen LogP contribution in [0.3, 0.4) is 0 Å². The number of piperazine rings is 1. The lowest BCUT2D eigenvalue weighted by Gasteiger charge is -2.43. The molecule has 2 aromatic heterocycles. The van der Waals surface area contributed by atoms with Crippen LogP contribution in [0.15, 0.2) is 24.5 Å². The number of pyridine rings is 1. The zero-order valence-corrected chi connectivity index (χ0v) is 19.7. The van der Waals surface area contributed by atoms with Gasteiger partial charge in [-0.05, 0) is 50.8 Å². The Morgan fingerprint density at radius 1 is 1.06 bits per heavy atom. The summed E-state index contributed by atoms with van der Waals surface area (Å²) in [5, 5.41) is 0. The molecular formula is C25H34N6O2. The molecule has 3 aliphatic rings. The first kappa shape index (κ1) is 22.1. The van der Waals surface area contributed by atoms with E-state index < -0.39 is 0 Å². The zero-order valence-electron chi connectivity index (χ0n) is 19.7. The van der Waals surface area contributed by atoms with E-state index in [-0.39, 0.29) is 12.0 Å². The summed E-state index contributed by atoms with van der Waals surface area (Å²) in [4.78, 5) is 34.1. The predicted octanol–water partition coefficient (Wildman–Crippen LogP) is 2.57. The van der Waals surface area contributed by atoms with E-state index in [1.54, 1.807) is 18.3 Å². The number of hydrogen-bond acceptors (Lipinski definition) is 7. The second-order valence-corrected chi connectivity index (χ2v) is 9.56. The molecule has 4 heterocycles. The first-order valence-electron chi connectivity index (χ1n) is 12.3. The van der Waals surface area contributed by atoms with Crippen LogP contribution < -0.4 is 9.64 Å². The molecule has 8 nitrogen and oxygen atoms in total. The molecule has 5 rings (SSSR count). The van der Waals surface area contributed by atoms with Gasteiger partial charge in [0.25, 0.3) is 5.91 Å². The van der Waals surface area contributed by atoms with Crippen LogP contribution >= 0.6 is 0 Å². The van der Waals surface area contributed by atoms with Crippen LogP contribution in [-0.4, -0.2) is 82.1 Å². The van der Waals surface area contributed by atoms with Gasteiger partial charge in [0.1, 0.15) is 5.56 Å². The van der Waals surface area contributed by atoms with E-state index in [0.717, 1.165) is 62.3 Å². The Labute approximate surface area is 196 Å². The summed E-state index contributed by atoms with van der Waals surface area (Å²) in [5.74, 6) is 1.20. The Balaban J connectivity index is 1.24. The molecule has 2 fully saturated rings. The molecule has 0 unspecified atom stereocenters. The second kappa shape index (κ2) is 9.63. The number of ether oxygens (including phenoxy) is 1. The van der Waals surface area contributed by atoms with Gasteiger partial charge in [-0.1, -0.05) is 6.42 Å². The summed E-state index contributed by atoms with van der Waals surface area (Å²) < 4.78 is 5.78. The van der Waals surface area contributed by atoms with Gasteiger partial charge in [0.15, 0.2) is 0 Å². The number of aromatic nitrogens is 3. The molecular weight excluding hydrogens is 416 g/mol. The standard InChI is InChI=1S/C25H34N6O2/c1-18(2)33-23-21(7-4-10-26-23)24(32)30-11-8-19-17-27-25(28-22(19)9-12-30)31-15-13-29(14-16-31)20-5-3-6-20/h4,7,10,17-18,20H,3,5-6,8-9,11-16H2,1-2H3. The van der Waals surface area contributed by atoms with Gasteiger partial charge in [-0.25, -0.2) is 15.0 Å². The smallest absolute Gasteiger partial charge is 0.259 e. The molecule has 1 amide bonds. The van der Waals surface area contributed by atoms with Crippen LogP contribution in [-0.2, 0) is 12.8 Å². The van der Waals surface area contributed by atoms with Crippen molar-refractivity contribution in [3.63, 3.8) is 0 Å². The van der Waals surface area contributed by atoms with Gasteiger partial charge in [0, 0.05) is 64.1 Å². The van der Waals surface area contributed by atoms with Crippen molar-refractivity contribution in [1.29, 1.82) is 0 Å². The summed E-state index contributed by atoms with van der Waals surface area (Å²) in [7, 11) is 0. The average Bonchev–Trinajstić information content (AvgIpc) is 3.00. The Bertz CT molecular complexity index is 985. The normalized spacial score (nSPS) is 19.7. The molecule has 2 aromatic rings. The maximum atomic E-state index is 13.3. The van der Waals surface area contributed by atoms with Crippen LogP contribution in [0.4, 0.5) is 5.95 Å². The third-order valence-electron chi connectivity index (χ3n) is 7.04. The van der Waals surface area contributed by atoms with Crippen molar-refractivity contribution < 1.29 is 9.53 Å². The van der Waals surface area contributed by atoms with Crippen LogP contribution in [0.1, 0.15) is 54.7 Å². The molecule has 0 bridgehead atoms. The summed E-state index contributed by atoms with van der Waals surface area (Å²) >= 11 is 0. The fraction of sp³-hybridized carbons (Fsp3) is 0.600. The minimum Gasteiger partial charge on any atom is -0.474 e. The summed E-state index contributed by atoms with van der Waals surface area (Å²) in [6, 6.07) is 4.39. The molecule has 8 heteroatoms. The number of rotatable bonds is 5. The zero-order chi connectivity index (χ0) is 22.8. The van der Waals surface area contributed by atoms with E-state index in [1.807, 2.05) is 24.9 Å². The molecule has 0 radical (unpaired) electrons. The van der Waals surface area contributed by atoms with Gasteiger partial charge >= 0.3 is 0 Å². The van der Waals surface area contributed by atoms with Crippen molar-refractivity contribution in [3.05, 3.63) is 41.3 Å². The van der Waals surface area contributed by atoms with Crippen molar-refractivity contribution in [1.82, 2.24) is 24.8 Å². The van der Waals surface area contributed by atoms with E-state index in [0.29, 0.717) is 24.5 Å². The molecule has 0 atom stereocenters. The highest BCUT2D eigenvalue weighted by Gasteiger charge is 2.29. The lowest BCUT2D eigenvalue weighted by molar-refractivity contribution is 0.0755. The maximum Gasteiger partial charge on any atom is 0.259 e. The topological polar surface area (TPSA) is 74.7 Å². The van der Waals surface area contributed by atoms with Crippen LogP contribution in [0.2, 0.25) is 0 Å². The van der Waals surface area contributed by atoms with Gasteiger partial charge in [-0.15, -0.1) is 0 Å². The Kier molecular flexibility index (Phi) is 6.44. The quantitative estimate of drug-likeness (QED) is 0.693. The Morgan fingerprint density at radius 2 is 1.85 bits per heavy atom. The lowest BCUT2D eigenvalue weighted by atomic mass is 9.91. The van der Waals surface area contributed by atoms with Crippen molar-refractivity contribution >= 4 is 11.9 Å². The van der Waals surface area contributed by atoms with Crippen molar-refractivity contribution in [3.8, 4) is 5.88 Å². The van der Waals surface area contributed by atoms with Crippen LogP contribution in [0, 0.1) is 0 Å². The largest absolute Gasteiger partial charge is 0.474 e. The molecule has 176 valence electrons. The number of carbonyl (C=O) groups is 1. The van der Waals surface area contributed by atoms with E-state index in [2.05, 4.69) is 14.8 Å². The molecule has 33 heavy (non-hydrogen) atoms. The van der Waals surface area contributed by atoms with Gasteiger partial charge in [-0.2, -0.15) is 0 Å². The molecule has 0 aromatic carbocycles. The SMILES string of the molecule is CC(C)Oc1ncccc1C(=O)N1CCc2cnc(N3CCN(C4CCC4)CC3)nc2CC1. The maximum absolute atomic E-state index is 13.3. The highest BCUT2D eigenvalue weighted by molar-refractivity contribution is 5.96. The second-order valence-electron chi connectivity index (χ2n) is 9.56. The number of hydrogen-bond donors (Lipinski definition) is 0. The lowest BCUT2D eigenvalue weighted by Crippen LogP contribution is -2.52. The molecule has 1 saturated heterocycles.